The van der Waals surface area contributed by atoms with E-state index in [-0.39, 0.29) is 34.9 Å². The number of amides is 2. The average molecular weight is 470 g/mol. The first-order valence-corrected chi connectivity index (χ1v) is 11.0. The predicted octanol–water partition coefficient (Wildman–Crippen LogP) is 3.61. The molecule has 0 spiro atoms. The summed E-state index contributed by atoms with van der Waals surface area (Å²) in [5.74, 6) is -0.0187. The lowest BCUT2D eigenvalue weighted by Crippen LogP contribution is -2.46. The molecule has 0 saturated carbocycles. The van der Waals surface area contributed by atoms with Crippen LogP contribution in [0.15, 0.2) is 47.9 Å². The third-order valence-electron chi connectivity index (χ3n) is 5.60. The van der Waals surface area contributed by atoms with Crippen LogP contribution in [-0.4, -0.2) is 47.4 Å². The van der Waals surface area contributed by atoms with E-state index in [0.29, 0.717) is 30.2 Å². The van der Waals surface area contributed by atoms with Gasteiger partial charge in [0.15, 0.2) is 5.76 Å². The molecule has 1 aromatic heterocycles. The van der Waals surface area contributed by atoms with Crippen LogP contribution < -0.4 is 10.1 Å². The number of pyridine rings is 1. The summed E-state index contributed by atoms with van der Waals surface area (Å²) in [6, 6.07) is 7.80. The SMILES string of the molecule is COC(=O)c1ccc(NC(=O)[C@H](CC(C)C)N2CC3=C(Oc4c(Cl)cccc4C3)C2=O)nc1. The number of hydrogen-bond acceptors (Lipinski definition) is 6. The van der Waals surface area contributed by atoms with Gasteiger partial charge in [-0.3, -0.25) is 9.59 Å². The first kappa shape index (κ1) is 22.8. The van der Waals surface area contributed by atoms with E-state index in [1.807, 2.05) is 26.0 Å². The number of esters is 1. The maximum atomic E-state index is 13.2. The standard InChI is InChI=1S/C24H24ClN3O5/c1-13(2)9-18(22(29)27-19-8-7-15(11-26-19)24(31)32-3)28-12-16-10-14-5-4-6-17(25)20(14)33-21(16)23(28)30/h4-8,11,13,18H,9-10,12H2,1-3H3,(H,26,27,29)/t18-/m0/s1. The Hall–Kier alpha value is -3.39. The highest BCUT2D eigenvalue weighted by Crippen LogP contribution is 2.39. The van der Waals surface area contributed by atoms with Crippen LogP contribution in [0.5, 0.6) is 5.75 Å². The maximum Gasteiger partial charge on any atom is 0.339 e. The normalized spacial score (nSPS) is 15.7. The zero-order chi connectivity index (χ0) is 23.7. The molecule has 4 rings (SSSR count). The Balaban J connectivity index is 1.52. The molecule has 33 heavy (non-hydrogen) atoms. The number of benzene rings is 1. The van der Waals surface area contributed by atoms with Crippen LogP contribution in [-0.2, 0) is 20.7 Å². The van der Waals surface area contributed by atoms with Crippen LogP contribution >= 0.6 is 11.6 Å². The number of rotatable bonds is 6. The average Bonchev–Trinajstić information content (AvgIpc) is 3.11. The number of carbonyl (C=O) groups is 3. The van der Waals surface area contributed by atoms with Crippen molar-refractivity contribution in [2.24, 2.45) is 5.92 Å². The van der Waals surface area contributed by atoms with Crippen LogP contribution in [0.2, 0.25) is 5.02 Å². The molecule has 0 bridgehead atoms. The number of anilines is 1. The number of carbonyl (C=O) groups excluding carboxylic acids is 3. The van der Waals surface area contributed by atoms with E-state index in [1.165, 1.54) is 25.4 Å². The van der Waals surface area contributed by atoms with Crippen molar-refractivity contribution in [2.45, 2.75) is 32.7 Å². The monoisotopic (exact) mass is 469 g/mol. The van der Waals surface area contributed by atoms with Crippen LogP contribution in [0.1, 0.15) is 36.2 Å². The Bertz CT molecular complexity index is 1140. The molecule has 0 unspecified atom stereocenters. The summed E-state index contributed by atoms with van der Waals surface area (Å²) >= 11 is 6.26. The van der Waals surface area contributed by atoms with E-state index < -0.39 is 12.0 Å². The van der Waals surface area contributed by atoms with Crippen molar-refractivity contribution < 1.29 is 23.9 Å². The van der Waals surface area contributed by atoms with Gasteiger partial charge in [0.2, 0.25) is 5.91 Å². The predicted molar refractivity (Wildman–Crippen MR) is 122 cm³/mol. The molecular weight excluding hydrogens is 446 g/mol. The molecule has 0 aliphatic carbocycles. The molecule has 9 heteroatoms. The smallest absolute Gasteiger partial charge is 0.339 e. The number of nitrogens with zero attached hydrogens (tertiary/aromatic N) is 2. The fourth-order valence-corrected chi connectivity index (χ4v) is 4.24. The Labute approximate surface area is 196 Å². The minimum atomic E-state index is -0.715. The molecule has 8 nitrogen and oxygen atoms in total. The molecule has 1 N–H and O–H groups in total. The number of fused-ring (bicyclic) bond motifs is 1. The molecular formula is C24H24ClN3O5. The zero-order valence-corrected chi connectivity index (χ0v) is 19.3. The minimum absolute atomic E-state index is 0.161. The first-order chi connectivity index (χ1) is 15.8. The summed E-state index contributed by atoms with van der Waals surface area (Å²) < 4.78 is 10.6. The molecule has 1 atom stereocenters. The quantitative estimate of drug-likeness (QED) is 0.649. The Kier molecular flexibility index (Phi) is 6.37. The van der Waals surface area contributed by atoms with E-state index in [2.05, 4.69) is 15.0 Å². The van der Waals surface area contributed by atoms with Gasteiger partial charge in [-0.25, -0.2) is 9.78 Å². The van der Waals surface area contributed by atoms with Crippen molar-refractivity contribution in [1.29, 1.82) is 0 Å². The topological polar surface area (TPSA) is 97.8 Å². The highest BCUT2D eigenvalue weighted by Gasteiger charge is 2.42. The summed E-state index contributed by atoms with van der Waals surface area (Å²) in [4.78, 5) is 43.7. The van der Waals surface area contributed by atoms with E-state index in [1.54, 1.807) is 11.0 Å². The van der Waals surface area contributed by atoms with Gasteiger partial charge in [0.1, 0.15) is 17.6 Å². The summed E-state index contributed by atoms with van der Waals surface area (Å²) in [6.07, 6.45) is 2.33. The van der Waals surface area contributed by atoms with E-state index >= 15 is 0 Å². The lowest BCUT2D eigenvalue weighted by Gasteiger charge is -2.28. The van der Waals surface area contributed by atoms with Gasteiger partial charge in [0, 0.05) is 30.3 Å². The van der Waals surface area contributed by atoms with Crippen LogP contribution in [0.25, 0.3) is 0 Å². The Morgan fingerprint density at radius 3 is 2.73 bits per heavy atom. The van der Waals surface area contributed by atoms with E-state index in [9.17, 15) is 14.4 Å². The summed E-state index contributed by atoms with van der Waals surface area (Å²) in [7, 11) is 1.28. The molecule has 172 valence electrons. The number of aromatic nitrogens is 1. The number of halogens is 1. The summed E-state index contributed by atoms with van der Waals surface area (Å²) in [6.45, 7) is 4.28. The Morgan fingerprint density at radius 2 is 2.06 bits per heavy atom. The lowest BCUT2D eigenvalue weighted by molar-refractivity contribution is -0.135. The van der Waals surface area contributed by atoms with Crippen molar-refractivity contribution in [2.75, 3.05) is 19.0 Å². The number of nitrogens with one attached hydrogen (secondary N) is 1. The maximum absolute atomic E-state index is 13.2. The van der Waals surface area contributed by atoms with Crippen molar-refractivity contribution in [3.8, 4) is 5.75 Å². The van der Waals surface area contributed by atoms with Gasteiger partial charge in [-0.15, -0.1) is 0 Å². The number of methoxy groups -OCH3 is 1. The first-order valence-electron chi connectivity index (χ1n) is 10.6. The van der Waals surface area contributed by atoms with E-state index in [0.717, 1.165) is 11.1 Å². The van der Waals surface area contributed by atoms with Gasteiger partial charge in [-0.2, -0.15) is 0 Å². The second-order valence-corrected chi connectivity index (χ2v) is 8.84. The molecule has 0 saturated heterocycles. The molecule has 0 fully saturated rings. The van der Waals surface area contributed by atoms with Crippen LogP contribution in [0.4, 0.5) is 5.82 Å². The zero-order valence-electron chi connectivity index (χ0n) is 18.6. The third-order valence-corrected chi connectivity index (χ3v) is 5.90. The van der Waals surface area contributed by atoms with Gasteiger partial charge < -0.3 is 19.7 Å². The highest BCUT2D eigenvalue weighted by molar-refractivity contribution is 6.32. The fraction of sp³-hybridized carbons (Fsp3) is 0.333. The van der Waals surface area contributed by atoms with Crippen molar-refractivity contribution in [3.05, 3.63) is 64.0 Å². The number of ether oxygens (including phenoxy) is 2. The molecule has 2 amide bonds. The molecule has 3 heterocycles. The van der Waals surface area contributed by atoms with Crippen molar-refractivity contribution in [1.82, 2.24) is 9.88 Å². The molecule has 2 aliphatic heterocycles. The second-order valence-electron chi connectivity index (χ2n) is 8.43. The van der Waals surface area contributed by atoms with Crippen LogP contribution in [0.3, 0.4) is 0 Å². The van der Waals surface area contributed by atoms with Gasteiger partial charge >= 0.3 is 5.97 Å². The number of para-hydroxylation sites is 1. The van der Waals surface area contributed by atoms with Crippen LogP contribution in [0, 0.1) is 5.92 Å². The lowest BCUT2D eigenvalue weighted by atomic mass is 10.0. The third kappa shape index (κ3) is 4.57. The van der Waals surface area contributed by atoms with Gasteiger partial charge in [-0.05, 0) is 30.5 Å². The van der Waals surface area contributed by atoms with E-state index in [4.69, 9.17) is 16.3 Å². The number of hydrogen-bond donors (Lipinski definition) is 1. The molecule has 0 radical (unpaired) electrons. The fourth-order valence-electron chi connectivity index (χ4n) is 4.01. The highest BCUT2D eigenvalue weighted by atomic mass is 35.5. The second kappa shape index (κ2) is 9.23. The Morgan fingerprint density at radius 1 is 1.27 bits per heavy atom. The molecule has 2 aliphatic rings. The van der Waals surface area contributed by atoms with Gasteiger partial charge in [0.05, 0.1) is 17.7 Å². The minimum Gasteiger partial charge on any atom is -0.465 e. The van der Waals surface area contributed by atoms with Gasteiger partial charge in [0.25, 0.3) is 5.91 Å². The van der Waals surface area contributed by atoms with Gasteiger partial charge in [-0.1, -0.05) is 37.6 Å². The van der Waals surface area contributed by atoms with Crippen molar-refractivity contribution >= 4 is 35.2 Å². The summed E-state index contributed by atoms with van der Waals surface area (Å²) in [5, 5.41) is 3.21. The molecule has 2 aromatic rings. The largest absolute Gasteiger partial charge is 0.465 e. The van der Waals surface area contributed by atoms with Crippen molar-refractivity contribution in [3.63, 3.8) is 0 Å². The summed E-state index contributed by atoms with van der Waals surface area (Å²) in [5.41, 5.74) is 2.02. The molecule has 1 aromatic carbocycles.